The number of nitrogens with zero attached hydrogens (tertiary/aromatic N) is 4. The molecular weight excluding hydrogens is 308 g/mol. The van der Waals surface area contributed by atoms with E-state index in [4.69, 9.17) is 0 Å². The van der Waals surface area contributed by atoms with E-state index in [-0.39, 0.29) is 0 Å². The predicted octanol–water partition coefficient (Wildman–Crippen LogP) is 2.35. The van der Waals surface area contributed by atoms with Gasteiger partial charge in [-0.2, -0.15) is 0 Å². The number of hydrogen-bond donors (Lipinski definition) is 0. The lowest BCUT2D eigenvalue weighted by molar-refractivity contribution is 0.00754. The molecule has 25 heavy (non-hydrogen) atoms. The van der Waals surface area contributed by atoms with E-state index < -0.39 is 0 Å². The molecule has 0 aromatic rings. The first kappa shape index (κ1) is 18.2. The summed E-state index contributed by atoms with van der Waals surface area (Å²) in [6, 6.07) is 1.42. The summed E-state index contributed by atoms with van der Waals surface area (Å²) in [5, 5.41) is 0. The van der Waals surface area contributed by atoms with Gasteiger partial charge >= 0.3 is 0 Å². The second-order valence-electron chi connectivity index (χ2n) is 10.3. The molecule has 4 aliphatic heterocycles. The molecule has 144 valence electrons. The molecule has 4 atom stereocenters. The third kappa shape index (κ3) is 3.18. The first-order valence-corrected chi connectivity index (χ1v) is 10.8. The van der Waals surface area contributed by atoms with Crippen molar-refractivity contribution in [2.24, 2.45) is 5.92 Å². The molecule has 4 nitrogen and oxygen atoms in total. The molecule has 4 heterocycles. The van der Waals surface area contributed by atoms with E-state index >= 15 is 0 Å². The molecule has 0 radical (unpaired) electrons. The Labute approximate surface area is 155 Å². The van der Waals surface area contributed by atoms with Crippen molar-refractivity contribution in [1.29, 1.82) is 0 Å². The average molecular weight is 349 g/mol. The summed E-state index contributed by atoms with van der Waals surface area (Å²) >= 11 is 0. The smallest absolute Gasteiger partial charge is 0.0312 e. The maximum absolute atomic E-state index is 2.84. The Morgan fingerprint density at radius 1 is 0.800 bits per heavy atom. The summed E-state index contributed by atoms with van der Waals surface area (Å²) in [5.74, 6) is 0.841. The minimum Gasteiger partial charge on any atom is -0.298 e. The average Bonchev–Trinajstić information content (AvgIpc) is 3.11. The van der Waals surface area contributed by atoms with E-state index in [1.807, 2.05) is 0 Å². The van der Waals surface area contributed by atoms with Crippen LogP contribution in [-0.4, -0.2) is 95.1 Å². The standard InChI is InChI=1S/C21H40N4/c1-17(2)22-9-12-25-14-19(13-21(25,5)16-22)18(3)23-10-11-24-8-6-7-20(24,4)15-23/h17-19H,6-16H2,1-5H3/t18-,19?,20?,21-/m1/s1. The fraction of sp³-hybridized carbons (Fsp3) is 1.00. The SMILES string of the molecule is CC(C)N1CCN2CC([C@@H](C)N3CCN4CCCC4(C)C3)C[C@]2(C)C1. The normalized spacial score (nSPS) is 42.7. The quantitative estimate of drug-likeness (QED) is 0.776. The maximum Gasteiger partial charge on any atom is 0.0312 e. The van der Waals surface area contributed by atoms with Crippen LogP contribution in [0.15, 0.2) is 0 Å². The minimum atomic E-state index is 0.403. The summed E-state index contributed by atoms with van der Waals surface area (Å²) < 4.78 is 0. The highest BCUT2D eigenvalue weighted by atomic mass is 15.4. The predicted molar refractivity (Wildman–Crippen MR) is 105 cm³/mol. The largest absolute Gasteiger partial charge is 0.298 e. The molecule has 4 rings (SSSR count). The van der Waals surface area contributed by atoms with Crippen LogP contribution in [0.4, 0.5) is 0 Å². The zero-order valence-electron chi connectivity index (χ0n) is 17.3. The van der Waals surface area contributed by atoms with Crippen LogP contribution < -0.4 is 0 Å². The fourth-order valence-electron chi connectivity index (χ4n) is 6.37. The summed E-state index contributed by atoms with van der Waals surface area (Å²) in [7, 11) is 0. The maximum atomic E-state index is 2.84. The highest BCUT2D eigenvalue weighted by Gasteiger charge is 2.49. The van der Waals surface area contributed by atoms with Gasteiger partial charge < -0.3 is 0 Å². The number of rotatable bonds is 3. The van der Waals surface area contributed by atoms with Crippen LogP contribution >= 0.6 is 0 Å². The van der Waals surface area contributed by atoms with Crippen LogP contribution in [0.1, 0.15) is 53.9 Å². The fourth-order valence-corrected chi connectivity index (χ4v) is 6.37. The Hall–Kier alpha value is -0.160. The molecule has 4 fully saturated rings. The Morgan fingerprint density at radius 3 is 2.24 bits per heavy atom. The van der Waals surface area contributed by atoms with E-state index in [2.05, 4.69) is 54.2 Å². The molecule has 0 spiro atoms. The van der Waals surface area contributed by atoms with Crippen LogP contribution in [0.2, 0.25) is 0 Å². The van der Waals surface area contributed by atoms with Crippen molar-refractivity contribution in [3.05, 3.63) is 0 Å². The van der Waals surface area contributed by atoms with Gasteiger partial charge in [0.05, 0.1) is 0 Å². The van der Waals surface area contributed by atoms with E-state index in [9.17, 15) is 0 Å². The molecule has 4 heteroatoms. The molecule has 0 amide bonds. The number of hydrogen-bond acceptors (Lipinski definition) is 4. The first-order valence-electron chi connectivity index (χ1n) is 10.8. The Balaban J connectivity index is 1.41. The summed E-state index contributed by atoms with van der Waals surface area (Å²) in [6.45, 7) is 22.6. The zero-order chi connectivity index (χ0) is 17.8. The van der Waals surface area contributed by atoms with Crippen LogP contribution in [0.3, 0.4) is 0 Å². The third-order valence-electron chi connectivity index (χ3n) is 8.22. The molecule has 2 unspecified atom stereocenters. The van der Waals surface area contributed by atoms with E-state index in [1.165, 1.54) is 71.6 Å². The van der Waals surface area contributed by atoms with E-state index in [1.54, 1.807) is 0 Å². The van der Waals surface area contributed by atoms with Gasteiger partial charge in [-0.25, -0.2) is 0 Å². The lowest BCUT2D eigenvalue weighted by Gasteiger charge is -2.48. The second kappa shape index (κ2) is 6.47. The van der Waals surface area contributed by atoms with Crippen molar-refractivity contribution in [2.45, 2.75) is 77.0 Å². The monoisotopic (exact) mass is 348 g/mol. The van der Waals surface area contributed by atoms with E-state index in [0.717, 1.165) is 12.0 Å². The van der Waals surface area contributed by atoms with Crippen molar-refractivity contribution >= 4 is 0 Å². The first-order chi connectivity index (χ1) is 11.8. The summed E-state index contributed by atoms with van der Waals surface area (Å²) in [4.78, 5) is 11.1. The van der Waals surface area contributed by atoms with Gasteiger partial charge in [-0.15, -0.1) is 0 Å². The van der Waals surface area contributed by atoms with Crippen molar-refractivity contribution in [2.75, 3.05) is 52.4 Å². The highest BCUT2D eigenvalue weighted by Crippen LogP contribution is 2.40. The van der Waals surface area contributed by atoms with Gasteiger partial charge in [0, 0.05) is 69.0 Å². The second-order valence-corrected chi connectivity index (χ2v) is 10.3. The number of fused-ring (bicyclic) bond motifs is 2. The molecule has 4 aliphatic rings. The zero-order valence-corrected chi connectivity index (χ0v) is 17.3. The summed E-state index contributed by atoms with van der Waals surface area (Å²) in [6.07, 6.45) is 4.18. The molecule has 0 bridgehead atoms. The van der Waals surface area contributed by atoms with Crippen molar-refractivity contribution < 1.29 is 0 Å². The van der Waals surface area contributed by atoms with Gasteiger partial charge in [-0.3, -0.25) is 19.6 Å². The van der Waals surface area contributed by atoms with Crippen molar-refractivity contribution in [3.8, 4) is 0 Å². The third-order valence-corrected chi connectivity index (χ3v) is 8.22. The van der Waals surface area contributed by atoms with Gasteiger partial charge in [0.2, 0.25) is 0 Å². The van der Waals surface area contributed by atoms with Gasteiger partial charge in [-0.1, -0.05) is 0 Å². The number of piperazine rings is 2. The lowest BCUT2D eigenvalue weighted by Crippen LogP contribution is -2.60. The highest BCUT2D eigenvalue weighted by molar-refractivity contribution is 5.05. The van der Waals surface area contributed by atoms with Crippen molar-refractivity contribution in [1.82, 2.24) is 19.6 Å². The Kier molecular flexibility index (Phi) is 4.71. The van der Waals surface area contributed by atoms with Gasteiger partial charge in [0.25, 0.3) is 0 Å². The molecular formula is C21H40N4. The van der Waals surface area contributed by atoms with Crippen LogP contribution in [-0.2, 0) is 0 Å². The van der Waals surface area contributed by atoms with Gasteiger partial charge in [-0.05, 0) is 66.3 Å². The van der Waals surface area contributed by atoms with Gasteiger partial charge in [0.15, 0.2) is 0 Å². The van der Waals surface area contributed by atoms with E-state index in [0.29, 0.717) is 17.1 Å². The molecule has 0 aromatic carbocycles. The Morgan fingerprint density at radius 2 is 1.48 bits per heavy atom. The molecule has 0 aliphatic carbocycles. The Bertz CT molecular complexity index is 494. The van der Waals surface area contributed by atoms with Crippen molar-refractivity contribution in [3.63, 3.8) is 0 Å². The molecule has 0 N–H and O–H groups in total. The van der Waals surface area contributed by atoms with Gasteiger partial charge in [0.1, 0.15) is 0 Å². The minimum absolute atomic E-state index is 0.403. The van der Waals surface area contributed by atoms with Crippen LogP contribution in [0.25, 0.3) is 0 Å². The molecule has 4 saturated heterocycles. The van der Waals surface area contributed by atoms with Crippen LogP contribution in [0, 0.1) is 5.92 Å². The lowest BCUT2D eigenvalue weighted by atomic mass is 9.87. The topological polar surface area (TPSA) is 13.0 Å². The molecule has 0 aromatic heterocycles. The summed E-state index contributed by atoms with van der Waals surface area (Å²) in [5.41, 5.74) is 0.858. The van der Waals surface area contributed by atoms with Crippen LogP contribution in [0.5, 0.6) is 0 Å². The molecule has 0 saturated carbocycles.